The number of hydrogen-bond acceptors (Lipinski definition) is 4. The van der Waals surface area contributed by atoms with Gasteiger partial charge in [0.2, 0.25) is 11.8 Å². The van der Waals surface area contributed by atoms with Crippen LogP contribution < -0.4 is 10.2 Å². The summed E-state index contributed by atoms with van der Waals surface area (Å²) in [5.41, 5.74) is 2.03. The lowest BCUT2D eigenvalue weighted by Gasteiger charge is -2.36. The van der Waals surface area contributed by atoms with Gasteiger partial charge in [-0.15, -0.1) is 0 Å². The molecule has 1 heterocycles. The third-order valence-electron chi connectivity index (χ3n) is 6.76. The molecule has 2 fully saturated rings. The zero-order valence-corrected chi connectivity index (χ0v) is 19.8. The summed E-state index contributed by atoms with van der Waals surface area (Å²) in [5.74, 6) is -0.904. The molecule has 2 amide bonds. The highest BCUT2D eigenvalue weighted by Gasteiger charge is 2.35. The van der Waals surface area contributed by atoms with Crippen LogP contribution >= 0.6 is 0 Å². The van der Waals surface area contributed by atoms with Crippen LogP contribution in [-0.2, 0) is 14.3 Å². The fourth-order valence-electron chi connectivity index (χ4n) is 4.91. The molecule has 2 aliphatic rings. The molecule has 2 aromatic carbocycles. The molecule has 0 aromatic heterocycles. The molecule has 0 radical (unpaired) electrons. The molecule has 1 saturated carbocycles. The van der Waals surface area contributed by atoms with E-state index in [-0.39, 0.29) is 24.4 Å². The van der Waals surface area contributed by atoms with E-state index in [0.29, 0.717) is 32.0 Å². The van der Waals surface area contributed by atoms with Gasteiger partial charge in [0.05, 0.1) is 19.8 Å². The number of rotatable bonds is 7. The van der Waals surface area contributed by atoms with E-state index in [4.69, 9.17) is 4.74 Å². The molecule has 182 valence electrons. The quantitative estimate of drug-likeness (QED) is 0.669. The number of morpholine rings is 1. The van der Waals surface area contributed by atoms with Crippen LogP contribution in [0.2, 0.25) is 0 Å². The van der Waals surface area contributed by atoms with Crippen molar-refractivity contribution in [3.05, 3.63) is 65.5 Å². The minimum atomic E-state index is -0.890. The molecule has 1 saturated heterocycles. The Morgan fingerprint density at radius 3 is 2.53 bits per heavy atom. The lowest BCUT2D eigenvalue weighted by molar-refractivity contribution is -0.128. The average molecular weight is 468 g/mol. The van der Waals surface area contributed by atoms with Crippen molar-refractivity contribution in [1.29, 1.82) is 0 Å². The van der Waals surface area contributed by atoms with Gasteiger partial charge in [0.15, 0.2) is 0 Å². The van der Waals surface area contributed by atoms with Crippen molar-refractivity contribution >= 4 is 17.5 Å². The zero-order chi connectivity index (χ0) is 23.9. The Labute approximate surface area is 201 Å². The maximum Gasteiger partial charge on any atom is 0.248 e. The molecule has 1 unspecified atom stereocenters. The van der Waals surface area contributed by atoms with Crippen LogP contribution in [0.4, 0.5) is 10.1 Å². The smallest absolute Gasteiger partial charge is 0.248 e. The Morgan fingerprint density at radius 1 is 1.09 bits per heavy atom. The molecule has 6 nitrogen and oxygen atoms in total. The third kappa shape index (κ3) is 6.02. The van der Waals surface area contributed by atoms with Crippen LogP contribution in [0, 0.1) is 12.7 Å². The van der Waals surface area contributed by atoms with Gasteiger partial charge in [-0.1, -0.05) is 49.6 Å². The van der Waals surface area contributed by atoms with Crippen molar-refractivity contribution < 1.29 is 18.7 Å². The monoisotopic (exact) mass is 467 g/mol. The summed E-state index contributed by atoms with van der Waals surface area (Å²) >= 11 is 0. The van der Waals surface area contributed by atoms with Crippen LogP contribution in [-0.4, -0.2) is 55.6 Å². The van der Waals surface area contributed by atoms with Crippen molar-refractivity contribution in [2.75, 3.05) is 37.7 Å². The van der Waals surface area contributed by atoms with Gasteiger partial charge < -0.3 is 10.1 Å². The lowest BCUT2D eigenvalue weighted by atomic mass is 9.93. The second kappa shape index (κ2) is 11.6. The van der Waals surface area contributed by atoms with Gasteiger partial charge in [0.1, 0.15) is 11.9 Å². The number of carbonyl (C=O) groups excluding carboxylic acids is 2. The van der Waals surface area contributed by atoms with E-state index in [9.17, 15) is 14.0 Å². The number of anilines is 1. The molecule has 0 spiro atoms. The van der Waals surface area contributed by atoms with Crippen molar-refractivity contribution in [3.8, 4) is 0 Å². The van der Waals surface area contributed by atoms with Gasteiger partial charge in [-0.3, -0.25) is 19.4 Å². The summed E-state index contributed by atoms with van der Waals surface area (Å²) in [6, 6.07) is 12.8. The number of hydrogen-bond donors (Lipinski definition) is 1. The minimum absolute atomic E-state index is 0.0940. The number of benzene rings is 2. The van der Waals surface area contributed by atoms with Crippen LogP contribution in [0.1, 0.15) is 49.3 Å². The number of ether oxygens (including phenoxy) is 1. The highest BCUT2D eigenvalue weighted by molar-refractivity contribution is 6.02. The molecule has 1 aliphatic carbocycles. The molecule has 34 heavy (non-hydrogen) atoms. The van der Waals surface area contributed by atoms with Crippen LogP contribution in [0.5, 0.6) is 0 Å². The summed E-state index contributed by atoms with van der Waals surface area (Å²) in [5, 5.41) is 3.21. The molecule has 0 bridgehead atoms. The Morgan fingerprint density at radius 2 is 1.82 bits per heavy atom. The fraction of sp³-hybridized carbons (Fsp3) is 0.481. The van der Waals surface area contributed by atoms with Crippen LogP contribution in [0.3, 0.4) is 0 Å². The van der Waals surface area contributed by atoms with Gasteiger partial charge in [-0.2, -0.15) is 0 Å². The maximum absolute atomic E-state index is 14.3. The Hall–Kier alpha value is -2.77. The Balaban J connectivity index is 1.72. The number of nitrogens with one attached hydrogen (secondary N) is 1. The van der Waals surface area contributed by atoms with Crippen molar-refractivity contribution in [2.45, 2.75) is 51.1 Å². The Kier molecular flexibility index (Phi) is 8.29. The predicted octanol–water partition coefficient (Wildman–Crippen LogP) is 3.99. The first-order valence-electron chi connectivity index (χ1n) is 12.3. The first-order chi connectivity index (χ1) is 16.5. The van der Waals surface area contributed by atoms with E-state index in [2.05, 4.69) is 5.32 Å². The predicted molar refractivity (Wildman–Crippen MR) is 130 cm³/mol. The number of aryl methyl sites for hydroxylation is 1. The van der Waals surface area contributed by atoms with E-state index in [1.165, 1.54) is 23.5 Å². The highest BCUT2D eigenvalue weighted by atomic mass is 19.1. The Bertz CT molecular complexity index is 987. The maximum atomic E-state index is 14.3. The number of carbonyl (C=O) groups is 2. The summed E-state index contributed by atoms with van der Waals surface area (Å²) in [6.45, 7) is 4.50. The van der Waals surface area contributed by atoms with E-state index < -0.39 is 11.9 Å². The van der Waals surface area contributed by atoms with Crippen molar-refractivity contribution in [2.24, 2.45) is 0 Å². The van der Waals surface area contributed by atoms with Gasteiger partial charge in [-0.25, -0.2) is 4.39 Å². The van der Waals surface area contributed by atoms with Crippen molar-refractivity contribution in [1.82, 2.24) is 10.2 Å². The van der Waals surface area contributed by atoms with Gasteiger partial charge in [-0.05, 0) is 49.1 Å². The average Bonchev–Trinajstić information content (AvgIpc) is 2.84. The van der Waals surface area contributed by atoms with Crippen molar-refractivity contribution in [3.63, 3.8) is 0 Å². The molecule has 1 aliphatic heterocycles. The summed E-state index contributed by atoms with van der Waals surface area (Å²) < 4.78 is 19.7. The summed E-state index contributed by atoms with van der Waals surface area (Å²) in [6.07, 6.45) is 5.23. The minimum Gasteiger partial charge on any atom is -0.379 e. The molecule has 1 atom stereocenters. The zero-order valence-electron chi connectivity index (χ0n) is 19.8. The summed E-state index contributed by atoms with van der Waals surface area (Å²) in [7, 11) is 0. The normalized spacial score (nSPS) is 18.3. The van der Waals surface area contributed by atoms with E-state index >= 15 is 0 Å². The molecule has 2 aromatic rings. The van der Waals surface area contributed by atoms with Crippen LogP contribution in [0.15, 0.2) is 48.5 Å². The van der Waals surface area contributed by atoms with E-state index in [1.807, 2.05) is 36.1 Å². The standard InChI is InChI=1S/C27H34FN3O3/c1-20-8-5-6-13-24(20)26(27(33)29-22-10-3-2-4-11-22)31(23-12-7-9-21(28)18-23)25(32)19-30-14-16-34-17-15-30/h5-9,12-13,18,22,26H,2-4,10-11,14-17,19H2,1H3,(H,29,33). The molecule has 4 rings (SSSR count). The van der Waals surface area contributed by atoms with E-state index in [1.54, 1.807) is 12.1 Å². The van der Waals surface area contributed by atoms with Crippen LogP contribution in [0.25, 0.3) is 0 Å². The van der Waals surface area contributed by atoms with Gasteiger partial charge in [0.25, 0.3) is 0 Å². The molecule has 1 N–H and O–H groups in total. The molecule has 7 heteroatoms. The molecular formula is C27H34FN3O3. The highest BCUT2D eigenvalue weighted by Crippen LogP contribution is 2.31. The largest absolute Gasteiger partial charge is 0.379 e. The summed E-state index contributed by atoms with van der Waals surface area (Å²) in [4.78, 5) is 31.1. The van der Waals surface area contributed by atoms with Gasteiger partial charge >= 0.3 is 0 Å². The van der Waals surface area contributed by atoms with Gasteiger partial charge in [0, 0.05) is 24.8 Å². The number of amides is 2. The SMILES string of the molecule is Cc1ccccc1C(C(=O)NC1CCCCC1)N(C(=O)CN1CCOCC1)c1cccc(F)c1. The fourth-order valence-corrected chi connectivity index (χ4v) is 4.91. The third-order valence-corrected chi connectivity index (χ3v) is 6.76. The first-order valence-corrected chi connectivity index (χ1v) is 12.3. The topological polar surface area (TPSA) is 61.9 Å². The first kappa shape index (κ1) is 24.4. The lowest BCUT2D eigenvalue weighted by Crippen LogP contribution is -2.51. The second-order valence-electron chi connectivity index (χ2n) is 9.23. The number of halogens is 1. The second-order valence-corrected chi connectivity index (χ2v) is 9.23. The molecular weight excluding hydrogens is 433 g/mol. The van der Waals surface area contributed by atoms with E-state index in [0.717, 1.165) is 36.8 Å². The number of nitrogens with zero attached hydrogens (tertiary/aromatic N) is 2.